The highest BCUT2D eigenvalue weighted by Gasteiger charge is 2.47. The Morgan fingerprint density at radius 1 is 0.521 bits per heavy atom. The van der Waals surface area contributed by atoms with Gasteiger partial charge in [-0.25, -0.2) is 4.79 Å². The van der Waals surface area contributed by atoms with Crippen molar-refractivity contribution < 1.29 is 67.4 Å². The minimum Gasteiger partial charge on any atom is -0.469 e. The third-order valence-corrected chi connectivity index (χ3v) is 19.6. The predicted molar refractivity (Wildman–Crippen MR) is 374 cm³/mol. The van der Waals surface area contributed by atoms with Crippen LogP contribution in [0.5, 0.6) is 0 Å². The number of methoxy groups -OCH3 is 1. The molecule has 7 N–H and O–H groups in total. The van der Waals surface area contributed by atoms with E-state index in [0.29, 0.717) is 19.4 Å². The molecule has 0 spiro atoms. The van der Waals surface area contributed by atoms with Crippen molar-refractivity contribution in [2.75, 3.05) is 68.7 Å². The van der Waals surface area contributed by atoms with Gasteiger partial charge in [0, 0.05) is 59.8 Å². The van der Waals surface area contributed by atoms with Crippen LogP contribution in [0.4, 0.5) is 4.79 Å². The first kappa shape index (κ1) is 87.9. The van der Waals surface area contributed by atoms with Gasteiger partial charge in [-0.1, -0.05) is 130 Å². The number of carbonyl (C=O) groups excluding carboxylic acids is 12. The van der Waals surface area contributed by atoms with Gasteiger partial charge in [-0.05, 0) is 99.8 Å². The summed E-state index contributed by atoms with van der Waals surface area (Å²) < 4.78 is 4.12. The summed E-state index contributed by atoms with van der Waals surface area (Å²) in [5, 5.41) is 23.2. The molecule has 1 rings (SSSR count). The number of imide groups is 1. The summed E-state index contributed by atoms with van der Waals surface area (Å²) in [6.45, 7) is 30.4. The van der Waals surface area contributed by atoms with Crippen molar-refractivity contribution >= 4 is 82.8 Å². The summed E-state index contributed by atoms with van der Waals surface area (Å²) in [6.07, 6.45) is 2.19. The van der Waals surface area contributed by atoms with Crippen LogP contribution in [-0.4, -0.2) is 250 Å². The quantitative estimate of drug-likeness (QED) is 0.0555. The molecule has 0 aromatic rings. The molecule has 26 nitrogen and oxygen atoms in total. The van der Waals surface area contributed by atoms with E-state index in [1.807, 2.05) is 55.4 Å². The molecule has 0 bridgehead atoms. The third kappa shape index (κ3) is 26.0. The maximum atomic E-state index is 15.5. The third-order valence-electron chi connectivity index (χ3n) is 18.2. The lowest BCUT2D eigenvalue weighted by molar-refractivity contribution is -0.157. The largest absolute Gasteiger partial charge is 0.469 e. The van der Waals surface area contributed by atoms with Crippen molar-refractivity contribution in [3.63, 3.8) is 0 Å². The van der Waals surface area contributed by atoms with Gasteiger partial charge in [0.25, 0.3) is 0 Å². The topological polar surface area (TPSA) is 331 Å². The number of nitrogens with two attached hydrogens (primary N) is 1. The lowest BCUT2D eigenvalue weighted by Gasteiger charge is -2.41. The van der Waals surface area contributed by atoms with Crippen LogP contribution in [-0.2, 0) is 57.5 Å². The van der Waals surface area contributed by atoms with E-state index in [9.17, 15) is 33.9 Å². The van der Waals surface area contributed by atoms with Crippen LogP contribution in [0.2, 0.25) is 0 Å². The van der Waals surface area contributed by atoms with Gasteiger partial charge in [0.1, 0.15) is 60.4 Å². The van der Waals surface area contributed by atoms with Crippen molar-refractivity contribution in [1.29, 1.82) is 0 Å². The summed E-state index contributed by atoms with van der Waals surface area (Å²) >= 11 is 1.20. The number of carbonyl (C=O) groups is 12. The van der Waals surface area contributed by atoms with Gasteiger partial charge < -0.3 is 65.8 Å². The number of nitrogens with zero attached hydrogens (tertiary/aromatic N) is 7. The minimum absolute atomic E-state index is 0.0497. The second-order valence-electron chi connectivity index (χ2n) is 29.5. The molecule has 1 saturated heterocycles. The Morgan fingerprint density at radius 3 is 1.42 bits per heavy atom. The summed E-state index contributed by atoms with van der Waals surface area (Å²) in [5.74, 6) is -10.8. The Balaban J connectivity index is 4.62. The molecular formula is C69H126N12O14S. The fraction of sp³-hybridized carbons (Fsp3) is 0.826. The van der Waals surface area contributed by atoms with E-state index in [-0.39, 0.29) is 67.9 Å². The van der Waals surface area contributed by atoms with Crippen LogP contribution in [0.15, 0.2) is 0 Å². The van der Waals surface area contributed by atoms with Crippen molar-refractivity contribution in [3.05, 3.63) is 0 Å². The molecule has 552 valence electrons. The van der Waals surface area contributed by atoms with Crippen LogP contribution in [0.25, 0.3) is 0 Å². The average molecular weight is 1380 g/mol. The predicted octanol–water partition coefficient (Wildman–Crippen LogP) is 4.86. The highest BCUT2D eigenvalue weighted by Crippen LogP contribution is 2.32. The van der Waals surface area contributed by atoms with Crippen molar-refractivity contribution in [2.24, 2.45) is 47.2 Å². The van der Waals surface area contributed by atoms with Crippen LogP contribution >= 0.6 is 11.8 Å². The smallest absolute Gasteiger partial charge is 0.324 e. The number of aliphatic hydroxyl groups excluding tert-OH is 1. The van der Waals surface area contributed by atoms with Crippen molar-refractivity contribution in [2.45, 2.75) is 260 Å². The van der Waals surface area contributed by atoms with E-state index in [0.717, 1.165) is 29.1 Å². The van der Waals surface area contributed by atoms with Crippen LogP contribution < -0.4 is 27.0 Å². The molecule has 96 heavy (non-hydrogen) atoms. The average Bonchev–Trinajstić information content (AvgIpc) is 0.809. The molecule has 1 heterocycles. The molecule has 0 aliphatic carbocycles. The molecule has 0 radical (unpaired) electrons. The van der Waals surface area contributed by atoms with Gasteiger partial charge in [0.05, 0.1) is 19.6 Å². The monoisotopic (exact) mass is 1380 g/mol. The number of esters is 1. The van der Waals surface area contributed by atoms with E-state index in [2.05, 4.69) is 21.3 Å². The summed E-state index contributed by atoms with van der Waals surface area (Å²) in [6, 6.07) is -14.3. The Bertz CT molecular complexity index is 2600. The van der Waals surface area contributed by atoms with E-state index < -0.39 is 160 Å². The van der Waals surface area contributed by atoms with Gasteiger partial charge >= 0.3 is 12.0 Å². The van der Waals surface area contributed by atoms with E-state index >= 15 is 28.8 Å². The minimum atomic E-state index is -1.67. The Morgan fingerprint density at radius 2 is 0.948 bits per heavy atom. The molecule has 1 unspecified atom stereocenters. The zero-order chi connectivity index (χ0) is 74.3. The van der Waals surface area contributed by atoms with Gasteiger partial charge in [-0.15, -0.1) is 0 Å². The van der Waals surface area contributed by atoms with Crippen LogP contribution in [0.1, 0.15) is 188 Å². The van der Waals surface area contributed by atoms with Gasteiger partial charge in [0.15, 0.2) is 0 Å². The summed E-state index contributed by atoms with van der Waals surface area (Å²) in [4.78, 5) is 185. The van der Waals surface area contributed by atoms with Gasteiger partial charge in [-0.3, -0.25) is 58.1 Å². The Kier molecular flexibility index (Phi) is 37.3. The second kappa shape index (κ2) is 40.7. The highest BCUT2D eigenvalue weighted by atomic mass is 32.2. The van der Waals surface area contributed by atoms with E-state index in [1.54, 1.807) is 55.4 Å². The Hall–Kier alpha value is -6.09. The number of nitrogens with one attached hydrogen (secondary N) is 4. The lowest BCUT2D eigenvalue weighted by atomic mass is 9.90. The van der Waals surface area contributed by atoms with Crippen LogP contribution in [0, 0.1) is 41.4 Å². The SMILES string of the molecule is CC[C@@H]1NC(=O)C([C@H](O)[C@H](C)CCCCCCN)N(C)C(=O)[C@H](C(C)C)N(C)C(=O)[C@H](CC(C)C)N(C)C(=O)[C@@H](CC(C)C)N(C)C(=O)NC(=O)[C@@H](C)NC(=O)[C@@H](CC(C)C)N(C)C(=O)[C@@H](C(C)C)NC(=O)[C@H](CC(C)C)N(C)C(=O)[C@@H](CSC(C)(C)CC(=O)OC)N(C)C1=O. The molecule has 0 aromatic heterocycles. The number of rotatable bonds is 24. The lowest BCUT2D eigenvalue weighted by Crippen LogP contribution is -2.64. The van der Waals surface area contributed by atoms with Crippen LogP contribution in [0.3, 0.4) is 0 Å². The van der Waals surface area contributed by atoms with E-state index in [4.69, 9.17) is 10.5 Å². The summed E-state index contributed by atoms with van der Waals surface area (Å²) in [7, 11) is 11.0. The molecule has 1 aliphatic heterocycles. The molecule has 0 saturated carbocycles. The first-order valence-corrected chi connectivity index (χ1v) is 35.5. The zero-order valence-corrected chi connectivity index (χ0v) is 63.8. The van der Waals surface area contributed by atoms with Crippen molar-refractivity contribution in [1.82, 2.24) is 55.6 Å². The number of aliphatic hydroxyl groups is 1. The Labute approximate surface area is 578 Å². The normalized spacial score (nSPS) is 25.1. The van der Waals surface area contributed by atoms with Gasteiger partial charge in [-0.2, -0.15) is 11.8 Å². The number of unbranched alkanes of at least 4 members (excludes halogenated alkanes) is 3. The second-order valence-corrected chi connectivity index (χ2v) is 31.3. The first-order chi connectivity index (χ1) is 44.4. The maximum Gasteiger partial charge on any atom is 0.324 e. The molecule has 0 aromatic carbocycles. The first-order valence-electron chi connectivity index (χ1n) is 34.5. The molecule has 12 atom stereocenters. The van der Waals surface area contributed by atoms with Gasteiger partial charge in [0.2, 0.25) is 59.1 Å². The molecule has 27 heteroatoms. The number of amides is 12. The number of urea groups is 1. The molecule has 1 fully saturated rings. The fourth-order valence-corrected chi connectivity index (χ4v) is 13.2. The summed E-state index contributed by atoms with van der Waals surface area (Å²) in [5.41, 5.74) is 5.77. The standard InChI is InChI=1S/C69H126N12O14S/c1-26-47-62(88)78(21)52(38-96-69(16,17)37-53(82)95-25)65(91)75(18)49(34-40(4)5)60(86)73-54(43(10)11)66(92)76(19)48(33-39(2)3)59(85)71-46(15)58(84)74-68(94)79(22)51(36-42(8)9)63(89)77(20)50(35-41(6)7)64(90)80(23)55(44(12)13)67(93)81(24)56(61(87)72-47)57(83)45(14)31-29-27-28-30-32-70/h39-52,54-57,83H,26-38,70H2,1-25H3,(H,71,85)(H,72,87)(H,73,86)(H,74,84,94)/t45-,46-,47+,48-,49+,50+,51-,52-,54-,55+,56?,57-/m1/s1. The maximum absolute atomic E-state index is 15.5. The molecule has 1 aliphatic rings. The number of thioether (sulfide) groups is 1. The number of ether oxygens (including phenoxy) is 1. The van der Waals surface area contributed by atoms with Crippen molar-refractivity contribution in [3.8, 4) is 0 Å². The number of hydrogen-bond donors (Lipinski definition) is 6. The zero-order valence-electron chi connectivity index (χ0n) is 63.0. The fourth-order valence-electron chi connectivity index (χ4n) is 12.0. The molecule has 12 amide bonds. The molecular weight excluding hydrogens is 1250 g/mol. The van der Waals surface area contributed by atoms with E-state index in [1.165, 1.54) is 99.6 Å². The highest BCUT2D eigenvalue weighted by molar-refractivity contribution is 8.00. The number of hydrogen-bond acceptors (Lipinski definition) is 16. The number of likely N-dealkylation sites (N-methyl/N-ethyl adjacent to an activating group) is 7.